The van der Waals surface area contributed by atoms with Crippen LogP contribution in [0.2, 0.25) is 0 Å². The summed E-state index contributed by atoms with van der Waals surface area (Å²) >= 11 is 0. The molecule has 1 heterocycles. The normalized spacial score (nSPS) is 12.0. The molecule has 2 aromatic rings. The number of phenolic OH excluding ortho intramolecular Hbond substituents is 1. The van der Waals surface area contributed by atoms with Crippen LogP contribution in [-0.2, 0) is 6.18 Å². The Balaban J connectivity index is 2.58. The summed E-state index contributed by atoms with van der Waals surface area (Å²) in [4.78, 5) is 4.07. The Morgan fingerprint density at radius 3 is 2.62 bits per heavy atom. The molecule has 0 radical (unpaired) electrons. The third-order valence-electron chi connectivity index (χ3n) is 2.75. The summed E-state index contributed by atoms with van der Waals surface area (Å²) in [5.74, 6) is -0.117. The molecule has 0 fully saturated rings. The van der Waals surface area contributed by atoms with E-state index in [4.69, 9.17) is 4.42 Å². The lowest BCUT2D eigenvalue weighted by Crippen LogP contribution is -2.04. The number of alkyl halides is 3. The lowest BCUT2D eigenvalue weighted by atomic mass is 10.1. The average molecular weight is 295 g/mol. The third kappa shape index (κ3) is 2.99. The summed E-state index contributed by atoms with van der Waals surface area (Å²) in [6.45, 7) is 5.32. The smallest absolute Gasteiger partial charge is 0.416 e. The standard InChI is InChI=1S/C15H12F3NO2/c1-3-5-11-13(4-2)21-14(19-11)10-8-9(15(16,17)18)6-7-12(10)20/h3-8,20H,2H2,1H3/b5-3-. The van der Waals surface area contributed by atoms with Gasteiger partial charge in [0.2, 0.25) is 5.89 Å². The molecule has 110 valence electrons. The average Bonchev–Trinajstić information content (AvgIpc) is 2.81. The van der Waals surface area contributed by atoms with Crippen LogP contribution in [0.25, 0.3) is 23.6 Å². The highest BCUT2D eigenvalue weighted by Crippen LogP contribution is 2.37. The molecule has 0 saturated carbocycles. The van der Waals surface area contributed by atoms with Gasteiger partial charge in [0.05, 0.1) is 11.1 Å². The summed E-state index contributed by atoms with van der Waals surface area (Å²) in [5, 5.41) is 9.75. The largest absolute Gasteiger partial charge is 0.507 e. The zero-order valence-electron chi connectivity index (χ0n) is 11.1. The fourth-order valence-electron chi connectivity index (χ4n) is 1.77. The molecular formula is C15H12F3NO2. The maximum absolute atomic E-state index is 12.7. The quantitative estimate of drug-likeness (QED) is 0.889. The molecule has 0 unspecified atom stereocenters. The van der Waals surface area contributed by atoms with Gasteiger partial charge >= 0.3 is 6.18 Å². The van der Waals surface area contributed by atoms with Crippen molar-refractivity contribution in [2.45, 2.75) is 13.1 Å². The van der Waals surface area contributed by atoms with Gasteiger partial charge in [0.1, 0.15) is 11.4 Å². The minimum Gasteiger partial charge on any atom is -0.507 e. The molecule has 0 aliphatic heterocycles. The third-order valence-corrected chi connectivity index (χ3v) is 2.75. The lowest BCUT2D eigenvalue weighted by Gasteiger charge is -2.08. The second-order valence-electron chi connectivity index (χ2n) is 4.20. The van der Waals surface area contributed by atoms with Gasteiger partial charge in [-0.05, 0) is 37.3 Å². The molecule has 1 N–H and O–H groups in total. The first-order valence-electron chi connectivity index (χ1n) is 6.03. The van der Waals surface area contributed by atoms with Gasteiger partial charge in [-0.25, -0.2) is 4.98 Å². The number of nitrogens with zero attached hydrogens (tertiary/aromatic N) is 1. The first kappa shape index (κ1) is 14.9. The van der Waals surface area contributed by atoms with Crippen LogP contribution in [0.5, 0.6) is 5.75 Å². The van der Waals surface area contributed by atoms with E-state index >= 15 is 0 Å². The van der Waals surface area contributed by atoms with E-state index < -0.39 is 11.7 Å². The van der Waals surface area contributed by atoms with Crippen molar-refractivity contribution in [3.63, 3.8) is 0 Å². The maximum atomic E-state index is 12.7. The maximum Gasteiger partial charge on any atom is 0.416 e. The van der Waals surface area contributed by atoms with Crippen LogP contribution in [0.1, 0.15) is 23.9 Å². The van der Waals surface area contributed by atoms with Crippen LogP contribution in [-0.4, -0.2) is 10.1 Å². The van der Waals surface area contributed by atoms with E-state index in [-0.39, 0.29) is 17.2 Å². The Hall–Kier alpha value is -2.50. The molecule has 6 heteroatoms. The van der Waals surface area contributed by atoms with Crippen molar-refractivity contribution in [2.75, 3.05) is 0 Å². The molecule has 0 aliphatic carbocycles. The molecule has 0 saturated heterocycles. The van der Waals surface area contributed by atoms with Crippen LogP contribution in [0.4, 0.5) is 13.2 Å². The second-order valence-corrected chi connectivity index (χ2v) is 4.20. The van der Waals surface area contributed by atoms with Crippen LogP contribution < -0.4 is 0 Å². The number of hydrogen-bond acceptors (Lipinski definition) is 3. The van der Waals surface area contributed by atoms with Crippen LogP contribution in [0, 0.1) is 0 Å². The van der Waals surface area contributed by atoms with Gasteiger partial charge in [0.15, 0.2) is 5.76 Å². The Labute approximate surface area is 119 Å². The van der Waals surface area contributed by atoms with Crippen molar-refractivity contribution in [2.24, 2.45) is 0 Å². The molecule has 1 aromatic carbocycles. The van der Waals surface area contributed by atoms with Crippen molar-refractivity contribution in [1.82, 2.24) is 4.98 Å². The topological polar surface area (TPSA) is 46.3 Å². The summed E-state index contributed by atoms with van der Waals surface area (Å²) < 4.78 is 43.5. The Kier molecular flexibility index (Phi) is 3.88. The van der Waals surface area contributed by atoms with E-state index in [1.54, 1.807) is 19.1 Å². The minimum atomic E-state index is -4.51. The molecular weight excluding hydrogens is 283 g/mol. The van der Waals surface area contributed by atoms with Crippen molar-refractivity contribution >= 4 is 12.2 Å². The van der Waals surface area contributed by atoms with Gasteiger partial charge in [-0.3, -0.25) is 0 Å². The van der Waals surface area contributed by atoms with Gasteiger partial charge in [-0.15, -0.1) is 0 Å². The number of hydrogen-bond donors (Lipinski definition) is 1. The fraction of sp³-hybridized carbons (Fsp3) is 0.133. The highest BCUT2D eigenvalue weighted by atomic mass is 19.4. The van der Waals surface area contributed by atoms with Crippen molar-refractivity contribution in [3.8, 4) is 17.2 Å². The summed E-state index contributed by atoms with van der Waals surface area (Å²) in [5.41, 5.74) is -0.579. The predicted octanol–water partition coefficient (Wildman–Crippen LogP) is 4.74. The zero-order chi connectivity index (χ0) is 15.6. The number of allylic oxidation sites excluding steroid dienone is 1. The Morgan fingerprint density at radius 2 is 2.05 bits per heavy atom. The number of aromatic hydroxyl groups is 1. The SMILES string of the molecule is C=Cc1oc(-c2cc(C(F)(F)F)ccc2O)nc1/C=C\C. The Morgan fingerprint density at radius 1 is 1.33 bits per heavy atom. The molecule has 0 amide bonds. The Bertz CT molecular complexity index is 699. The molecule has 0 spiro atoms. The zero-order valence-corrected chi connectivity index (χ0v) is 11.1. The van der Waals surface area contributed by atoms with Crippen LogP contribution >= 0.6 is 0 Å². The van der Waals surface area contributed by atoms with Crippen LogP contribution in [0.15, 0.2) is 35.3 Å². The van der Waals surface area contributed by atoms with E-state index in [1.165, 1.54) is 6.08 Å². The first-order chi connectivity index (χ1) is 9.86. The second kappa shape index (κ2) is 5.47. The molecule has 21 heavy (non-hydrogen) atoms. The van der Waals surface area contributed by atoms with Crippen LogP contribution in [0.3, 0.4) is 0 Å². The lowest BCUT2D eigenvalue weighted by molar-refractivity contribution is -0.137. The highest BCUT2D eigenvalue weighted by Gasteiger charge is 2.31. The van der Waals surface area contributed by atoms with Crippen molar-refractivity contribution < 1.29 is 22.7 Å². The van der Waals surface area contributed by atoms with E-state index in [1.807, 2.05) is 0 Å². The van der Waals surface area contributed by atoms with E-state index in [9.17, 15) is 18.3 Å². The predicted molar refractivity (Wildman–Crippen MR) is 73.4 cm³/mol. The van der Waals surface area contributed by atoms with Crippen molar-refractivity contribution in [1.29, 1.82) is 0 Å². The number of aromatic nitrogens is 1. The van der Waals surface area contributed by atoms with Gasteiger partial charge in [0, 0.05) is 0 Å². The number of benzene rings is 1. The summed E-state index contributed by atoms with van der Waals surface area (Å²) in [6.07, 6.45) is 0.230. The summed E-state index contributed by atoms with van der Waals surface area (Å²) in [7, 11) is 0. The van der Waals surface area contributed by atoms with Crippen molar-refractivity contribution in [3.05, 3.63) is 47.9 Å². The number of oxazole rings is 1. The molecule has 0 aliphatic rings. The van der Waals surface area contributed by atoms with Gasteiger partial charge in [0.25, 0.3) is 0 Å². The first-order valence-corrected chi connectivity index (χ1v) is 6.03. The van der Waals surface area contributed by atoms with Gasteiger partial charge < -0.3 is 9.52 Å². The molecule has 0 atom stereocenters. The monoisotopic (exact) mass is 295 g/mol. The van der Waals surface area contributed by atoms with Gasteiger partial charge in [-0.2, -0.15) is 13.2 Å². The van der Waals surface area contributed by atoms with Gasteiger partial charge in [-0.1, -0.05) is 12.7 Å². The molecule has 1 aromatic heterocycles. The van der Waals surface area contributed by atoms with E-state index in [0.29, 0.717) is 11.5 Å². The molecule has 2 rings (SSSR count). The minimum absolute atomic E-state index is 0.0957. The van der Waals surface area contributed by atoms with E-state index in [2.05, 4.69) is 11.6 Å². The molecule has 3 nitrogen and oxygen atoms in total. The molecule has 0 bridgehead atoms. The van der Waals surface area contributed by atoms with E-state index in [0.717, 1.165) is 18.2 Å². The fourth-order valence-corrected chi connectivity index (χ4v) is 1.77. The number of halogens is 3. The summed E-state index contributed by atoms with van der Waals surface area (Å²) in [6, 6.07) is 2.56. The highest BCUT2D eigenvalue weighted by molar-refractivity contribution is 5.67. The number of rotatable bonds is 3. The number of phenols is 1.